The average Bonchev–Trinajstić information content (AvgIpc) is 3.57. The van der Waals surface area contributed by atoms with Crippen molar-refractivity contribution in [2.24, 2.45) is 0 Å². The summed E-state index contributed by atoms with van der Waals surface area (Å²) < 4.78 is 1.07. The van der Waals surface area contributed by atoms with E-state index in [9.17, 15) is 0 Å². The summed E-state index contributed by atoms with van der Waals surface area (Å²) in [5.74, 6) is 0. The van der Waals surface area contributed by atoms with E-state index in [1.807, 2.05) is 0 Å². The number of hydrogen-bond acceptors (Lipinski definition) is 1. The largest absolute Gasteiger partial charge is 0.356 e. The molecule has 0 saturated heterocycles. The second-order valence-electron chi connectivity index (χ2n) is 11.9. The Bertz CT molecular complexity index is 2180. The quantitative estimate of drug-likeness (QED) is 0.202. The van der Waals surface area contributed by atoms with Crippen molar-refractivity contribution in [3.8, 4) is 44.5 Å². The number of benzene rings is 7. The van der Waals surface area contributed by atoms with Crippen LogP contribution < -0.4 is 5.32 Å². The summed E-state index contributed by atoms with van der Waals surface area (Å²) in [7, 11) is 0. The molecule has 9 rings (SSSR count). The summed E-state index contributed by atoms with van der Waals surface area (Å²) in [5, 5.41) is 3.52. The van der Waals surface area contributed by atoms with Gasteiger partial charge in [-0.15, -0.1) is 0 Å². The van der Waals surface area contributed by atoms with E-state index in [0.717, 1.165) is 15.8 Å². The summed E-state index contributed by atoms with van der Waals surface area (Å²) in [4.78, 5) is 0. The molecule has 0 radical (unpaired) electrons. The molecule has 2 heteroatoms. The fourth-order valence-electron chi connectivity index (χ4n) is 7.68. The summed E-state index contributed by atoms with van der Waals surface area (Å²) in [6.07, 6.45) is 0. The van der Waals surface area contributed by atoms with Gasteiger partial charge in [-0.05, 0) is 109 Å². The zero-order chi connectivity index (χ0) is 30.0. The summed E-state index contributed by atoms with van der Waals surface area (Å²) in [5.41, 5.74) is 17.5. The van der Waals surface area contributed by atoms with Crippen LogP contribution >= 0.6 is 15.9 Å². The molecule has 7 aromatic rings. The highest BCUT2D eigenvalue weighted by Gasteiger charge is 2.51. The van der Waals surface area contributed by atoms with Gasteiger partial charge in [-0.3, -0.25) is 0 Å². The number of hydrogen-bond donors (Lipinski definition) is 1. The molecule has 0 amide bonds. The van der Waals surface area contributed by atoms with Gasteiger partial charge in [0.2, 0.25) is 0 Å². The molecule has 1 nitrogen and oxygen atoms in total. The van der Waals surface area contributed by atoms with Gasteiger partial charge in [0.1, 0.15) is 0 Å². The maximum atomic E-state index is 3.52. The van der Waals surface area contributed by atoms with Crippen LogP contribution in [-0.2, 0) is 5.41 Å². The number of halogens is 1. The fraction of sp³-hybridized carbons (Fsp3) is 0.0233. The lowest BCUT2D eigenvalue weighted by Crippen LogP contribution is -2.25. The minimum atomic E-state index is -0.343. The molecule has 1 N–H and O–H groups in total. The SMILES string of the molecule is Brc1ccc(Nc2ccc(-c3ccccc3-c3ccc4c(c3)C3(c5ccccc5-c5ccccc53)c3ccccc3-4)cc2)cc1. The van der Waals surface area contributed by atoms with Crippen LogP contribution in [0.3, 0.4) is 0 Å². The summed E-state index contributed by atoms with van der Waals surface area (Å²) in [6.45, 7) is 0. The molecule has 0 atom stereocenters. The standard InChI is InChI=1S/C43H28BrN/c44-30-20-24-32(25-21-30)45-31-22-17-28(18-23-31)33-9-1-2-10-34(33)29-19-26-38-37-13-5-8-16-41(37)43(42(38)27-29)39-14-6-3-11-35(39)36-12-4-7-15-40(36)43/h1-27,45H. The average molecular weight is 639 g/mol. The van der Waals surface area contributed by atoms with Gasteiger partial charge in [-0.25, -0.2) is 0 Å². The molecule has 0 unspecified atom stereocenters. The number of fused-ring (bicyclic) bond motifs is 10. The minimum Gasteiger partial charge on any atom is -0.356 e. The van der Waals surface area contributed by atoms with Crippen LogP contribution in [0.4, 0.5) is 11.4 Å². The first-order valence-corrected chi connectivity index (χ1v) is 16.2. The predicted octanol–water partition coefficient (Wildman–Crippen LogP) is 11.9. The number of nitrogens with one attached hydrogen (secondary N) is 1. The number of anilines is 2. The Labute approximate surface area is 272 Å². The Morgan fingerprint density at radius 3 is 1.29 bits per heavy atom. The maximum absolute atomic E-state index is 3.52. The lowest BCUT2D eigenvalue weighted by Gasteiger charge is -2.30. The van der Waals surface area contributed by atoms with Gasteiger partial charge >= 0.3 is 0 Å². The topological polar surface area (TPSA) is 12.0 Å². The van der Waals surface area contributed by atoms with Crippen LogP contribution in [0.2, 0.25) is 0 Å². The Hall–Kier alpha value is -5.18. The molecule has 2 aliphatic carbocycles. The van der Waals surface area contributed by atoms with E-state index in [-0.39, 0.29) is 5.41 Å². The minimum absolute atomic E-state index is 0.343. The van der Waals surface area contributed by atoms with Crippen molar-refractivity contribution >= 4 is 27.3 Å². The molecule has 0 bridgehead atoms. The third-order valence-corrected chi connectivity index (χ3v) is 10.1. The van der Waals surface area contributed by atoms with Crippen molar-refractivity contribution in [2.75, 3.05) is 5.32 Å². The van der Waals surface area contributed by atoms with Gasteiger partial charge in [0.05, 0.1) is 5.41 Å². The molecule has 212 valence electrons. The van der Waals surface area contributed by atoms with E-state index in [4.69, 9.17) is 0 Å². The Balaban J connectivity index is 1.19. The van der Waals surface area contributed by atoms with E-state index >= 15 is 0 Å². The lowest BCUT2D eigenvalue weighted by atomic mass is 9.70. The lowest BCUT2D eigenvalue weighted by molar-refractivity contribution is 0.794. The van der Waals surface area contributed by atoms with Crippen LogP contribution in [0, 0.1) is 0 Å². The molecule has 1 spiro atoms. The predicted molar refractivity (Wildman–Crippen MR) is 191 cm³/mol. The van der Waals surface area contributed by atoms with E-state index in [1.54, 1.807) is 0 Å². The number of rotatable bonds is 4. The zero-order valence-corrected chi connectivity index (χ0v) is 26.1. The van der Waals surface area contributed by atoms with Crippen molar-refractivity contribution in [1.29, 1.82) is 0 Å². The van der Waals surface area contributed by atoms with E-state index in [2.05, 4.69) is 185 Å². The molecular formula is C43H28BrN. The maximum Gasteiger partial charge on any atom is 0.0725 e. The van der Waals surface area contributed by atoms with Crippen molar-refractivity contribution in [3.05, 3.63) is 191 Å². The Kier molecular flexibility index (Phi) is 5.94. The van der Waals surface area contributed by atoms with Gasteiger partial charge < -0.3 is 5.32 Å². The van der Waals surface area contributed by atoms with Gasteiger partial charge in [0.25, 0.3) is 0 Å². The highest BCUT2D eigenvalue weighted by Crippen LogP contribution is 2.63. The second kappa shape index (κ2) is 10.2. The molecule has 0 heterocycles. The molecule has 0 fully saturated rings. The zero-order valence-electron chi connectivity index (χ0n) is 24.5. The summed E-state index contributed by atoms with van der Waals surface area (Å²) >= 11 is 3.52. The van der Waals surface area contributed by atoms with E-state index < -0.39 is 0 Å². The molecule has 45 heavy (non-hydrogen) atoms. The van der Waals surface area contributed by atoms with Crippen LogP contribution in [0.1, 0.15) is 22.3 Å². The molecule has 7 aromatic carbocycles. The van der Waals surface area contributed by atoms with Crippen LogP contribution in [-0.4, -0.2) is 0 Å². The van der Waals surface area contributed by atoms with Gasteiger partial charge in [0.15, 0.2) is 0 Å². The first-order valence-electron chi connectivity index (χ1n) is 15.4. The normalized spacial score (nSPS) is 13.2. The monoisotopic (exact) mass is 637 g/mol. The van der Waals surface area contributed by atoms with Crippen molar-refractivity contribution in [3.63, 3.8) is 0 Å². The van der Waals surface area contributed by atoms with Gasteiger partial charge in [-0.2, -0.15) is 0 Å². The molecular weight excluding hydrogens is 610 g/mol. The smallest absolute Gasteiger partial charge is 0.0725 e. The highest BCUT2D eigenvalue weighted by atomic mass is 79.9. The molecule has 2 aliphatic rings. The Morgan fingerprint density at radius 1 is 0.356 bits per heavy atom. The van der Waals surface area contributed by atoms with Crippen LogP contribution in [0.15, 0.2) is 168 Å². The Morgan fingerprint density at radius 2 is 0.756 bits per heavy atom. The van der Waals surface area contributed by atoms with Gasteiger partial charge in [0, 0.05) is 15.8 Å². The van der Waals surface area contributed by atoms with E-state index in [1.165, 1.54) is 66.8 Å². The first kappa shape index (κ1) is 26.2. The van der Waals surface area contributed by atoms with Crippen molar-refractivity contribution < 1.29 is 0 Å². The molecule has 0 aromatic heterocycles. The molecule has 0 saturated carbocycles. The van der Waals surface area contributed by atoms with Crippen molar-refractivity contribution in [2.45, 2.75) is 5.41 Å². The first-order chi connectivity index (χ1) is 22.2. The van der Waals surface area contributed by atoms with Crippen LogP contribution in [0.5, 0.6) is 0 Å². The summed E-state index contributed by atoms with van der Waals surface area (Å²) in [6, 6.07) is 59.9. The third-order valence-electron chi connectivity index (χ3n) is 9.56. The van der Waals surface area contributed by atoms with Gasteiger partial charge in [-0.1, -0.05) is 137 Å². The van der Waals surface area contributed by atoms with E-state index in [0.29, 0.717) is 0 Å². The second-order valence-corrected chi connectivity index (χ2v) is 12.8. The van der Waals surface area contributed by atoms with Crippen LogP contribution in [0.25, 0.3) is 44.5 Å². The van der Waals surface area contributed by atoms with Crippen molar-refractivity contribution in [1.82, 2.24) is 0 Å². The third kappa shape index (κ3) is 3.92. The molecule has 0 aliphatic heterocycles. The fourth-order valence-corrected chi connectivity index (χ4v) is 7.95. The highest BCUT2D eigenvalue weighted by molar-refractivity contribution is 9.10.